The number of carbonyl (C=O) groups excluding carboxylic acids is 2. The summed E-state index contributed by atoms with van der Waals surface area (Å²) in [5.74, 6) is -0.832. The first-order valence-corrected chi connectivity index (χ1v) is 13.5. The summed E-state index contributed by atoms with van der Waals surface area (Å²) in [5, 5.41) is 0. The first kappa shape index (κ1) is 29.0. The molecule has 0 aromatic heterocycles. The monoisotopic (exact) mass is 520 g/mol. The second kappa shape index (κ2) is 15.6. The number of ether oxygens (including phenoxy) is 3. The number of esters is 2. The summed E-state index contributed by atoms with van der Waals surface area (Å²) in [7, 11) is 0. The minimum absolute atomic E-state index is 0.0370. The minimum atomic E-state index is -0.501. The SMILES string of the molecule is C=CCCCCCCOC1CCC(OC(=O)c2ccc(/C=C/C(=O)OCc3cc(N)ccc3N)cc2)CC1. The maximum atomic E-state index is 12.6. The molecule has 1 aliphatic carbocycles. The molecule has 0 aliphatic heterocycles. The Morgan fingerprint density at radius 3 is 2.37 bits per heavy atom. The van der Waals surface area contributed by atoms with Gasteiger partial charge in [0.15, 0.2) is 0 Å². The molecule has 2 aromatic rings. The lowest BCUT2D eigenvalue weighted by atomic mass is 9.95. The van der Waals surface area contributed by atoms with Crippen LogP contribution in [-0.2, 0) is 25.6 Å². The van der Waals surface area contributed by atoms with Crippen LogP contribution in [0.1, 0.15) is 79.3 Å². The van der Waals surface area contributed by atoms with E-state index in [4.69, 9.17) is 25.7 Å². The number of hydrogen-bond acceptors (Lipinski definition) is 7. The first-order chi connectivity index (χ1) is 18.4. The number of hydrogen-bond donors (Lipinski definition) is 2. The van der Waals surface area contributed by atoms with Crippen molar-refractivity contribution >= 4 is 29.4 Å². The van der Waals surface area contributed by atoms with E-state index >= 15 is 0 Å². The van der Waals surface area contributed by atoms with Crippen molar-refractivity contribution in [3.05, 3.63) is 77.9 Å². The van der Waals surface area contributed by atoms with Gasteiger partial charge in [-0.1, -0.05) is 31.1 Å². The third kappa shape index (κ3) is 10.1. The Labute approximate surface area is 225 Å². The zero-order chi connectivity index (χ0) is 27.2. The highest BCUT2D eigenvalue weighted by Gasteiger charge is 2.24. The second-order valence-corrected chi connectivity index (χ2v) is 9.69. The topological polar surface area (TPSA) is 114 Å². The molecule has 38 heavy (non-hydrogen) atoms. The van der Waals surface area contributed by atoms with E-state index in [1.807, 2.05) is 6.08 Å². The largest absolute Gasteiger partial charge is 0.459 e. The molecule has 7 nitrogen and oxygen atoms in total. The van der Waals surface area contributed by atoms with Crippen LogP contribution in [0.2, 0.25) is 0 Å². The van der Waals surface area contributed by atoms with Crippen molar-refractivity contribution in [2.24, 2.45) is 0 Å². The standard InChI is InChI=1S/C31H40N2O5/c1-2-3-4-5-6-7-20-36-27-14-16-28(17-15-27)38-31(35)24-11-8-23(9-12-24)10-19-30(34)37-22-25-21-26(32)13-18-29(25)33/h2,8-13,18-19,21,27-28H,1,3-7,14-17,20,22,32-33H2/b19-10+. The normalized spacial score (nSPS) is 17.3. The predicted molar refractivity (Wildman–Crippen MR) is 151 cm³/mol. The molecule has 1 saturated carbocycles. The summed E-state index contributed by atoms with van der Waals surface area (Å²) < 4.78 is 17.0. The van der Waals surface area contributed by atoms with Crippen LogP contribution < -0.4 is 11.5 Å². The number of benzene rings is 2. The summed E-state index contributed by atoms with van der Waals surface area (Å²) in [5.41, 5.74) is 14.6. The Morgan fingerprint density at radius 1 is 0.921 bits per heavy atom. The summed E-state index contributed by atoms with van der Waals surface area (Å²) >= 11 is 0. The van der Waals surface area contributed by atoms with Gasteiger partial charge in [0.1, 0.15) is 12.7 Å². The molecule has 4 N–H and O–H groups in total. The molecule has 0 bridgehead atoms. The van der Waals surface area contributed by atoms with Gasteiger partial charge >= 0.3 is 11.9 Å². The summed E-state index contributed by atoms with van der Waals surface area (Å²) in [6.07, 6.45) is 14.4. The molecule has 0 radical (unpaired) electrons. The van der Waals surface area contributed by atoms with Crippen molar-refractivity contribution in [1.29, 1.82) is 0 Å². The van der Waals surface area contributed by atoms with Crippen molar-refractivity contribution in [2.75, 3.05) is 18.1 Å². The van der Waals surface area contributed by atoms with E-state index in [2.05, 4.69) is 6.58 Å². The van der Waals surface area contributed by atoms with Crippen molar-refractivity contribution < 1.29 is 23.8 Å². The minimum Gasteiger partial charge on any atom is -0.459 e. The maximum absolute atomic E-state index is 12.6. The molecule has 0 saturated heterocycles. The van der Waals surface area contributed by atoms with Gasteiger partial charge in [-0.25, -0.2) is 9.59 Å². The average Bonchev–Trinajstić information content (AvgIpc) is 2.93. The Kier molecular flexibility index (Phi) is 11.9. The summed E-state index contributed by atoms with van der Waals surface area (Å²) in [6, 6.07) is 12.0. The van der Waals surface area contributed by atoms with Crippen molar-refractivity contribution in [2.45, 2.75) is 76.6 Å². The fraction of sp³-hybridized carbons (Fsp3) is 0.419. The Balaban J connectivity index is 1.34. The van der Waals surface area contributed by atoms with Crippen LogP contribution in [-0.4, -0.2) is 30.8 Å². The molecule has 0 spiro atoms. The van der Waals surface area contributed by atoms with Gasteiger partial charge in [0.2, 0.25) is 0 Å². The highest BCUT2D eigenvalue weighted by Crippen LogP contribution is 2.25. The molecule has 0 heterocycles. The van der Waals surface area contributed by atoms with Crippen LogP contribution in [0.25, 0.3) is 6.08 Å². The fourth-order valence-electron chi connectivity index (χ4n) is 4.37. The van der Waals surface area contributed by atoms with E-state index in [0.29, 0.717) is 22.5 Å². The molecule has 0 amide bonds. The number of rotatable bonds is 14. The van der Waals surface area contributed by atoms with Gasteiger partial charge in [0.25, 0.3) is 0 Å². The lowest BCUT2D eigenvalue weighted by Crippen LogP contribution is -2.28. The van der Waals surface area contributed by atoms with Gasteiger partial charge < -0.3 is 25.7 Å². The highest BCUT2D eigenvalue weighted by atomic mass is 16.5. The molecule has 7 heteroatoms. The first-order valence-electron chi connectivity index (χ1n) is 13.5. The molecular formula is C31H40N2O5. The van der Waals surface area contributed by atoms with Crippen molar-refractivity contribution in [3.63, 3.8) is 0 Å². The summed E-state index contributed by atoms with van der Waals surface area (Å²) in [6.45, 7) is 4.59. The third-order valence-corrected chi connectivity index (χ3v) is 6.65. The van der Waals surface area contributed by atoms with E-state index in [1.54, 1.807) is 48.5 Å². The predicted octanol–water partition coefficient (Wildman–Crippen LogP) is 6.23. The van der Waals surface area contributed by atoms with Gasteiger partial charge in [-0.3, -0.25) is 0 Å². The molecule has 0 unspecified atom stereocenters. The van der Waals surface area contributed by atoms with E-state index < -0.39 is 5.97 Å². The summed E-state index contributed by atoms with van der Waals surface area (Å²) in [4.78, 5) is 24.7. The molecule has 1 aliphatic rings. The third-order valence-electron chi connectivity index (χ3n) is 6.65. The van der Waals surface area contributed by atoms with Crippen LogP contribution in [0.15, 0.2) is 61.2 Å². The smallest absolute Gasteiger partial charge is 0.338 e. The Bertz CT molecular complexity index is 1070. The van der Waals surface area contributed by atoms with E-state index in [9.17, 15) is 9.59 Å². The molecule has 2 aromatic carbocycles. The van der Waals surface area contributed by atoms with Gasteiger partial charge in [0.05, 0.1) is 11.7 Å². The van der Waals surface area contributed by atoms with Gasteiger partial charge in [-0.05, 0) is 86.9 Å². The number of carbonyl (C=O) groups is 2. The van der Waals surface area contributed by atoms with Crippen LogP contribution in [0.3, 0.4) is 0 Å². The molecule has 204 valence electrons. The molecule has 1 fully saturated rings. The fourth-order valence-corrected chi connectivity index (χ4v) is 4.37. The Morgan fingerprint density at radius 2 is 1.63 bits per heavy atom. The van der Waals surface area contributed by atoms with Crippen LogP contribution in [0, 0.1) is 0 Å². The number of nitrogen functional groups attached to an aromatic ring is 2. The molecule has 3 rings (SSSR count). The highest BCUT2D eigenvalue weighted by molar-refractivity contribution is 5.90. The second-order valence-electron chi connectivity index (χ2n) is 9.69. The van der Waals surface area contributed by atoms with Crippen LogP contribution >= 0.6 is 0 Å². The van der Waals surface area contributed by atoms with Gasteiger partial charge in [-0.15, -0.1) is 6.58 Å². The lowest BCUT2D eigenvalue weighted by molar-refractivity contribution is -0.138. The zero-order valence-corrected chi connectivity index (χ0v) is 22.1. The molecular weight excluding hydrogens is 480 g/mol. The Hall–Kier alpha value is -3.58. The number of allylic oxidation sites excluding steroid dienone is 1. The van der Waals surface area contributed by atoms with Crippen LogP contribution in [0.5, 0.6) is 0 Å². The quantitative estimate of drug-likeness (QED) is 0.0998. The van der Waals surface area contributed by atoms with E-state index in [1.165, 1.54) is 25.3 Å². The molecule has 0 atom stereocenters. The number of nitrogens with two attached hydrogens (primary N) is 2. The zero-order valence-electron chi connectivity index (χ0n) is 22.1. The van der Waals surface area contributed by atoms with E-state index in [0.717, 1.165) is 50.7 Å². The number of anilines is 2. The van der Waals surface area contributed by atoms with E-state index in [-0.39, 0.29) is 24.8 Å². The van der Waals surface area contributed by atoms with Gasteiger partial charge in [0, 0.05) is 29.6 Å². The average molecular weight is 521 g/mol. The number of unbranched alkanes of at least 4 members (excludes halogenated alkanes) is 4. The van der Waals surface area contributed by atoms with Crippen LogP contribution in [0.4, 0.5) is 11.4 Å². The van der Waals surface area contributed by atoms with Crippen molar-refractivity contribution in [3.8, 4) is 0 Å². The van der Waals surface area contributed by atoms with Crippen molar-refractivity contribution in [1.82, 2.24) is 0 Å². The van der Waals surface area contributed by atoms with Gasteiger partial charge in [-0.2, -0.15) is 0 Å². The lowest BCUT2D eigenvalue weighted by Gasteiger charge is -2.28. The maximum Gasteiger partial charge on any atom is 0.338 e.